The van der Waals surface area contributed by atoms with Crippen molar-refractivity contribution in [2.24, 2.45) is 0 Å². The van der Waals surface area contributed by atoms with Gasteiger partial charge >= 0.3 is 6.01 Å². The molecule has 0 aliphatic carbocycles. The van der Waals surface area contributed by atoms with Crippen molar-refractivity contribution in [2.45, 2.75) is 4.90 Å². The highest BCUT2D eigenvalue weighted by Gasteiger charge is 2.21. The zero-order chi connectivity index (χ0) is 17.2. The minimum absolute atomic E-state index is 0.0785. The summed E-state index contributed by atoms with van der Waals surface area (Å²) in [4.78, 5) is 12.7. The number of carbonyl (C=O) groups excluding carboxylic acids is 1. The van der Waals surface area contributed by atoms with Gasteiger partial charge < -0.3 is 4.42 Å². The third kappa shape index (κ3) is 3.89. The van der Waals surface area contributed by atoms with Crippen LogP contribution < -0.4 is 5.32 Å². The van der Waals surface area contributed by atoms with Crippen molar-refractivity contribution in [2.75, 3.05) is 11.1 Å². The van der Waals surface area contributed by atoms with E-state index in [-0.39, 0.29) is 16.8 Å². The Morgan fingerprint density at radius 2 is 1.92 bits per heavy atom. The Labute approximate surface area is 149 Å². The molecule has 0 saturated heterocycles. The number of amides is 1. The number of benzene rings is 1. The second-order valence-corrected chi connectivity index (χ2v) is 9.09. The van der Waals surface area contributed by atoms with Crippen molar-refractivity contribution in [1.82, 2.24) is 10.2 Å². The molecule has 0 saturated carbocycles. The third-order valence-electron chi connectivity index (χ3n) is 2.88. The molecule has 0 atom stereocenters. The first-order valence-electron chi connectivity index (χ1n) is 6.61. The molecule has 3 aromatic rings. The fraction of sp³-hybridized carbons (Fsp3) is 0.0714. The van der Waals surface area contributed by atoms with Crippen LogP contribution in [-0.4, -0.2) is 30.3 Å². The number of halogens is 1. The van der Waals surface area contributed by atoms with Crippen LogP contribution in [0.1, 0.15) is 0 Å². The molecule has 0 radical (unpaired) electrons. The van der Waals surface area contributed by atoms with Crippen LogP contribution in [0.5, 0.6) is 0 Å². The predicted molar refractivity (Wildman–Crippen MR) is 92.4 cm³/mol. The second-order valence-electron chi connectivity index (χ2n) is 4.64. The van der Waals surface area contributed by atoms with E-state index < -0.39 is 21.5 Å². The van der Waals surface area contributed by atoms with E-state index in [4.69, 9.17) is 4.42 Å². The molecule has 2 aromatic heterocycles. The van der Waals surface area contributed by atoms with Crippen LogP contribution in [0.2, 0.25) is 0 Å². The van der Waals surface area contributed by atoms with Crippen LogP contribution in [0.25, 0.3) is 10.8 Å². The Hall–Kier alpha value is -2.04. The molecule has 0 unspecified atom stereocenters. The smallest absolute Gasteiger partial charge is 0.322 e. The fourth-order valence-electron chi connectivity index (χ4n) is 1.84. The number of thiophene rings is 1. The van der Waals surface area contributed by atoms with Crippen molar-refractivity contribution in [3.05, 3.63) is 46.3 Å². The largest absolute Gasteiger partial charge is 0.402 e. The molecule has 1 aromatic carbocycles. The van der Waals surface area contributed by atoms with Gasteiger partial charge in [0.1, 0.15) is 5.75 Å². The number of carbonyl (C=O) groups is 1. The molecule has 10 heteroatoms. The Morgan fingerprint density at radius 3 is 2.58 bits per heavy atom. The number of sulfone groups is 1. The monoisotopic (exact) mass is 427 g/mol. The molecule has 3 rings (SSSR count). The van der Waals surface area contributed by atoms with Gasteiger partial charge in [-0.3, -0.25) is 10.1 Å². The predicted octanol–water partition coefficient (Wildman–Crippen LogP) is 2.97. The molecule has 124 valence electrons. The lowest BCUT2D eigenvalue weighted by atomic mass is 10.4. The molecule has 0 fully saturated rings. The first kappa shape index (κ1) is 16.8. The number of rotatable bonds is 5. The first-order chi connectivity index (χ1) is 11.4. The maximum atomic E-state index is 12.1. The summed E-state index contributed by atoms with van der Waals surface area (Å²) in [5, 5.41) is 9.81. The number of anilines is 1. The molecular formula is C14H10BrN3O4S2. The molecule has 0 aliphatic rings. The minimum atomic E-state index is -3.73. The van der Waals surface area contributed by atoms with Crippen molar-refractivity contribution in [1.29, 1.82) is 0 Å². The Kier molecular flexibility index (Phi) is 4.78. The van der Waals surface area contributed by atoms with Crippen LogP contribution in [0.3, 0.4) is 0 Å². The van der Waals surface area contributed by atoms with E-state index in [9.17, 15) is 13.2 Å². The summed E-state index contributed by atoms with van der Waals surface area (Å²) in [5.74, 6) is -1.22. The molecule has 2 heterocycles. The molecule has 7 nitrogen and oxygen atoms in total. The van der Waals surface area contributed by atoms with Crippen LogP contribution in [-0.2, 0) is 14.6 Å². The molecule has 0 bridgehead atoms. The fourth-order valence-corrected chi connectivity index (χ4v) is 4.30. The zero-order valence-electron chi connectivity index (χ0n) is 12.0. The summed E-state index contributed by atoms with van der Waals surface area (Å²) >= 11 is 4.72. The van der Waals surface area contributed by atoms with Crippen molar-refractivity contribution in [3.63, 3.8) is 0 Å². The highest BCUT2D eigenvalue weighted by Crippen LogP contribution is 2.30. The molecule has 0 spiro atoms. The van der Waals surface area contributed by atoms with Crippen LogP contribution in [0.15, 0.2) is 55.6 Å². The summed E-state index contributed by atoms with van der Waals surface area (Å²) in [5.41, 5.74) is 0. The summed E-state index contributed by atoms with van der Waals surface area (Å²) in [7, 11) is -3.73. The van der Waals surface area contributed by atoms with E-state index in [0.717, 1.165) is 8.66 Å². The van der Waals surface area contributed by atoms with Gasteiger partial charge in [0.05, 0.1) is 13.6 Å². The van der Waals surface area contributed by atoms with Crippen molar-refractivity contribution in [3.8, 4) is 10.8 Å². The van der Waals surface area contributed by atoms with E-state index in [2.05, 4.69) is 31.4 Å². The normalized spacial score (nSPS) is 11.4. The number of hydrogen-bond acceptors (Lipinski definition) is 7. The average molecular weight is 428 g/mol. The lowest BCUT2D eigenvalue weighted by Crippen LogP contribution is -2.23. The topological polar surface area (TPSA) is 102 Å². The highest BCUT2D eigenvalue weighted by atomic mass is 79.9. The van der Waals surface area contributed by atoms with Gasteiger partial charge in [0.25, 0.3) is 5.89 Å². The zero-order valence-corrected chi connectivity index (χ0v) is 15.2. The molecular weight excluding hydrogens is 418 g/mol. The SMILES string of the molecule is O=C(CS(=O)(=O)c1ccccc1)Nc1nnc(-c2ccc(Br)s2)o1. The molecule has 1 amide bonds. The highest BCUT2D eigenvalue weighted by molar-refractivity contribution is 9.11. The van der Waals surface area contributed by atoms with Gasteiger partial charge in [0, 0.05) is 0 Å². The van der Waals surface area contributed by atoms with Gasteiger partial charge in [-0.2, -0.15) is 0 Å². The maximum absolute atomic E-state index is 12.1. The van der Waals surface area contributed by atoms with Crippen molar-refractivity contribution < 1.29 is 17.6 Å². The lowest BCUT2D eigenvalue weighted by Gasteiger charge is -2.03. The molecule has 24 heavy (non-hydrogen) atoms. The van der Waals surface area contributed by atoms with Gasteiger partial charge in [-0.05, 0) is 40.2 Å². The van der Waals surface area contributed by atoms with E-state index in [1.54, 1.807) is 24.3 Å². The molecule has 0 aliphatic heterocycles. The minimum Gasteiger partial charge on any atom is -0.402 e. The standard InChI is InChI=1S/C14H10BrN3O4S2/c15-11-7-6-10(23-11)13-17-18-14(22-13)16-12(19)8-24(20,21)9-4-2-1-3-5-9/h1-7H,8H2,(H,16,18,19). The Balaban J connectivity index is 1.68. The Morgan fingerprint density at radius 1 is 1.17 bits per heavy atom. The summed E-state index contributed by atoms with van der Waals surface area (Å²) in [6, 6.07) is 11.2. The first-order valence-corrected chi connectivity index (χ1v) is 9.87. The van der Waals surface area contributed by atoms with E-state index >= 15 is 0 Å². The maximum Gasteiger partial charge on any atom is 0.322 e. The molecule has 1 N–H and O–H groups in total. The van der Waals surface area contributed by atoms with Gasteiger partial charge in [-0.15, -0.1) is 16.4 Å². The van der Waals surface area contributed by atoms with Gasteiger partial charge in [-0.1, -0.05) is 23.3 Å². The van der Waals surface area contributed by atoms with Crippen LogP contribution in [0, 0.1) is 0 Å². The number of nitrogens with zero attached hydrogens (tertiary/aromatic N) is 2. The average Bonchev–Trinajstić information content (AvgIpc) is 3.16. The lowest BCUT2D eigenvalue weighted by molar-refractivity contribution is -0.114. The van der Waals surface area contributed by atoms with E-state index in [0.29, 0.717) is 0 Å². The third-order valence-corrected chi connectivity index (χ3v) is 6.12. The summed E-state index contributed by atoms with van der Waals surface area (Å²) < 4.78 is 30.5. The van der Waals surface area contributed by atoms with E-state index in [1.165, 1.54) is 23.5 Å². The number of aromatic nitrogens is 2. The van der Waals surface area contributed by atoms with Crippen LogP contribution >= 0.6 is 27.3 Å². The van der Waals surface area contributed by atoms with E-state index in [1.807, 2.05) is 6.07 Å². The summed E-state index contributed by atoms with van der Waals surface area (Å²) in [6.45, 7) is 0. The second kappa shape index (κ2) is 6.83. The van der Waals surface area contributed by atoms with Crippen LogP contribution in [0.4, 0.5) is 6.01 Å². The quantitative estimate of drug-likeness (QED) is 0.671. The number of hydrogen-bond donors (Lipinski definition) is 1. The van der Waals surface area contributed by atoms with Gasteiger partial charge in [0.2, 0.25) is 5.91 Å². The van der Waals surface area contributed by atoms with Gasteiger partial charge in [0.15, 0.2) is 9.84 Å². The Bertz CT molecular complexity index is 967. The summed E-state index contributed by atoms with van der Waals surface area (Å²) in [6.07, 6.45) is 0. The number of nitrogens with one attached hydrogen (secondary N) is 1. The van der Waals surface area contributed by atoms with Gasteiger partial charge in [-0.25, -0.2) is 8.42 Å². The van der Waals surface area contributed by atoms with Crippen molar-refractivity contribution >= 4 is 49.0 Å².